The third-order valence-electron chi connectivity index (χ3n) is 3.05. The van der Waals surface area contributed by atoms with E-state index in [1.807, 2.05) is 6.20 Å². The maximum absolute atomic E-state index is 12.5. The first kappa shape index (κ1) is 14.6. The van der Waals surface area contributed by atoms with Gasteiger partial charge < -0.3 is 5.73 Å². The lowest BCUT2D eigenvalue weighted by atomic mass is 10.0. The van der Waals surface area contributed by atoms with Crippen LogP contribution in [0.2, 0.25) is 0 Å². The van der Waals surface area contributed by atoms with Crippen LogP contribution in [0.5, 0.6) is 0 Å². The summed E-state index contributed by atoms with van der Waals surface area (Å²) in [5.41, 5.74) is 7.28. The Morgan fingerprint density at radius 1 is 1.20 bits per heavy atom. The first-order valence-corrected chi connectivity index (χ1v) is 6.32. The minimum absolute atomic E-state index is 0.559. The van der Waals surface area contributed by atoms with E-state index in [4.69, 9.17) is 5.73 Å². The molecule has 0 unspecified atom stereocenters. The highest BCUT2D eigenvalue weighted by atomic mass is 19.4. The first-order valence-electron chi connectivity index (χ1n) is 6.32. The largest absolute Gasteiger partial charge is 0.416 e. The summed E-state index contributed by atoms with van der Waals surface area (Å²) in [4.78, 5) is 0. The van der Waals surface area contributed by atoms with Crippen LogP contribution >= 0.6 is 0 Å². The maximum Gasteiger partial charge on any atom is 0.416 e. The van der Waals surface area contributed by atoms with Crippen LogP contribution in [0.4, 0.5) is 13.2 Å². The summed E-state index contributed by atoms with van der Waals surface area (Å²) >= 11 is 0. The van der Waals surface area contributed by atoms with Gasteiger partial charge in [-0.15, -0.1) is 0 Å². The Balaban J connectivity index is 2.31. The summed E-state index contributed by atoms with van der Waals surface area (Å²) in [5.74, 6) is 0. The second-order valence-corrected chi connectivity index (χ2v) is 4.63. The zero-order chi connectivity index (χ0) is 14.8. The van der Waals surface area contributed by atoms with E-state index >= 15 is 0 Å². The second kappa shape index (κ2) is 5.66. The van der Waals surface area contributed by atoms with E-state index in [1.165, 1.54) is 12.1 Å². The molecule has 20 heavy (non-hydrogen) atoms. The Labute approximate surface area is 115 Å². The molecule has 0 aliphatic carbocycles. The number of nitrogens with two attached hydrogens (primary N) is 1. The van der Waals surface area contributed by atoms with Crippen molar-refractivity contribution in [3.05, 3.63) is 41.7 Å². The Morgan fingerprint density at radius 2 is 1.85 bits per heavy atom. The molecular weight excluding hydrogens is 267 g/mol. The zero-order valence-electron chi connectivity index (χ0n) is 11.1. The second-order valence-electron chi connectivity index (χ2n) is 4.63. The smallest absolute Gasteiger partial charge is 0.330 e. The highest BCUT2D eigenvalue weighted by molar-refractivity contribution is 5.65. The van der Waals surface area contributed by atoms with E-state index in [2.05, 4.69) is 5.10 Å². The van der Waals surface area contributed by atoms with E-state index in [-0.39, 0.29) is 0 Å². The quantitative estimate of drug-likeness (QED) is 0.937. The van der Waals surface area contributed by atoms with Crippen molar-refractivity contribution in [2.45, 2.75) is 19.0 Å². The van der Waals surface area contributed by atoms with E-state index in [0.717, 1.165) is 35.4 Å². The van der Waals surface area contributed by atoms with Crippen molar-refractivity contribution >= 4 is 0 Å². The Bertz CT molecular complexity index is 570. The van der Waals surface area contributed by atoms with Gasteiger partial charge in [0.05, 0.1) is 11.3 Å². The summed E-state index contributed by atoms with van der Waals surface area (Å²) in [5, 5.41) is 4.33. The molecule has 2 rings (SSSR count). The summed E-state index contributed by atoms with van der Waals surface area (Å²) in [6.45, 7) is 0.559. The van der Waals surface area contributed by atoms with Gasteiger partial charge in [0.15, 0.2) is 0 Å². The van der Waals surface area contributed by atoms with Crippen LogP contribution in [0.25, 0.3) is 11.1 Å². The lowest BCUT2D eigenvalue weighted by molar-refractivity contribution is -0.137. The van der Waals surface area contributed by atoms with Crippen LogP contribution in [-0.4, -0.2) is 16.3 Å². The van der Waals surface area contributed by atoms with Gasteiger partial charge in [-0.1, -0.05) is 12.1 Å². The Kier molecular flexibility index (Phi) is 4.13. The summed E-state index contributed by atoms with van der Waals surface area (Å²) < 4.78 is 39.3. The molecule has 0 spiro atoms. The van der Waals surface area contributed by atoms with Crippen molar-refractivity contribution in [3.63, 3.8) is 0 Å². The lowest BCUT2D eigenvalue weighted by Crippen LogP contribution is -2.04. The molecule has 1 heterocycles. The fourth-order valence-corrected chi connectivity index (χ4v) is 2.07. The molecule has 6 heteroatoms. The standard InChI is InChI=1S/C14H16F3N3/c1-20-9-12(13(19-20)3-2-8-18)10-4-6-11(7-5-10)14(15,16)17/h4-7,9H,2-3,8,18H2,1H3. The van der Waals surface area contributed by atoms with Gasteiger partial charge in [0.2, 0.25) is 0 Å². The van der Waals surface area contributed by atoms with Crippen molar-refractivity contribution in [2.75, 3.05) is 6.54 Å². The molecule has 1 aromatic carbocycles. The maximum atomic E-state index is 12.5. The van der Waals surface area contributed by atoms with Gasteiger partial charge in [-0.05, 0) is 37.1 Å². The molecule has 1 aromatic heterocycles. The van der Waals surface area contributed by atoms with Crippen molar-refractivity contribution in [3.8, 4) is 11.1 Å². The number of hydrogen-bond acceptors (Lipinski definition) is 2. The summed E-state index contributed by atoms with van der Waals surface area (Å²) in [7, 11) is 1.79. The molecule has 0 bridgehead atoms. The topological polar surface area (TPSA) is 43.8 Å². The summed E-state index contributed by atoms with van der Waals surface area (Å²) in [6, 6.07) is 5.14. The van der Waals surface area contributed by atoms with Gasteiger partial charge in [0, 0.05) is 18.8 Å². The predicted molar refractivity (Wildman–Crippen MR) is 71.0 cm³/mol. The van der Waals surface area contributed by atoms with Crippen LogP contribution < -0.4 is 5.73 Å². The molecular formula is C14H16F3N3. The van der Waals surface area contributed by atoms with Crippen molar-refractivity contribution < 1.29 is 13.2 Å². The molecule has 0 fully saturated rings. The minimum atomic E-state index is -4.31. The number of halogens is 3. The van der Waals surface area contributed by atoms with Crippen LogP contribution in [0.1, 0.15) is 17.7 Å². The van der Waals surface area contributed by atoms with E-state index in [9.17, 15) is 13.2 Å². The molecule has 2 N–H and O–H groups in total. The van der Waals surface area contributed by atoms with Gasteiger partial charge in [0.1, 0.15) is 0 Å². The lowest BCUT2D eigenvalue weighted by Gasteiger charge is -2.07. The van der Waals surface area contributed by atoms with Gasteiger partial charge in [-0.2, -0.15) is 18.3 Å². The van der Waals surface area contributed by atoms with Crippen molar-refractivity contribution in [2.24, 2.45) is 12.8 Å². The average Bonchev–Trinajstić information content (AvgIpc) is 2.76. The number of aryl methyl sites for hydroxylation is 2. The van der Waals surface area contributed by atoms with E-state index < -0.39 is 11.7 Å². The van der Waals surface area contributed by atoms with E-state index in [0.29, 0.717) is 13.0 Å². The van der Waals surface area contributed by atoms with Crippen LogP contribution in [0, 0.1) is 0 Å². The third kappa shape index (κ3) is 3.19. The molecule has 0 saturated heterocycles. The molecule has 0 aliphatic heterocycles. The average molecular weight is 283 g/mol. The van der Waals surface area contributed by atoms with Gasteiger partial charge in [-0.25, -0.2) is 0 Å². The third-order valence-corrected chi connectivity index (χ3v) is 3.05. The number of benzene rings is 1. The molecule has 3 nitrogen and oxygen atoms in total. The fourth-order valence-electron chi connectivity index (χ4n) is 2.07. The predicted octanol–water partition coefficient (Wildman–Crippen LogP) is 3.00. The van der Waals surface area contributed by atoms with E-state index in [1.54, 1.807) is 11.7 Å². The van der Waals surface area contributed by atoms with Crippen LogP contribution in [-0.2, 0) is 19.6 Å². The minimum Gasteiger partial charge on any atom is -0.330 e. The number of nitrogens with zero attached hydrogens (tertiary/aromatic N) is 2. The molecule has 0 atom stereocenters. The van der Waals surface area contributed by atoms with Crippen LogP contribution in [0.15, 0.2) is 30.5 Å². The molecule has 108 valence electrons. The van der Waals surface area contributed by atoms with Crippen molar-refractivity contribution in [1.29, 1.82) is 0 Å². The number of rotatable bonds is 4. The van der Waals surface area contributed by atoms with Crippen molar-refractivity contribution in [1.82, 2.24) is 9.78 Å². The molecule has 2 aromatic rings. The zero-order valence-corrected chi connectivity index (χ0v) is 11.1. The van der Waals surface area contributed by atoms with Gasteiger partial charge in [0.25, 0.3) is 0 Å². The Hall–Kier alpha value is -1.82. The molecule has 0 aliphatic rings. The monoisotopic (exact) mass is 283 g/mol. The van der Waals surface area contributed by atoms with Gasteiger partial charge >= 0.3 is 6.18 Å². The van der Waals surface area contributed by atoms with Gasteiger partial charge in [-0.3, -0.25) is 4.68 Å². The SMILES string of the molecule is Cn1cc(-c2ccc(C(F)(F)F)cc2)c(CCCN)n1. The summed E-state index contributed by atoms with van der Waals surface area (Å²) in [6.07, 6.45) is -0.983. The Morgan fingerprint density at radius 3 is 2.40 bits per heavy atom. The fraction of sp³-hybridized carbons (Fsp3) is 0.357. The highest BCUT2D eigenvalue weighted by Gasteiger charge is 2.30. The number of alkyl halides is 3. The number of aromatic nitrogens is 2. The molecule has 0 amide bonds. The van der Waals surface area contributed by atoms with Crippen LogP contribution in [0.3, 0.4) is 0 Å². The molecule has 0 saturated carbocycles. The first-order chi connectivity index (χ1) is 9.41. The number of hydrogen-bond donors (Lipinski definition) is 1. The molecule has 0 radical (unpaired) electrons. The normalized spacial score (nSPS) is 11.8. The highest BCUT2D eigenvalue weighted by Crippen LogP contribution is 2.31.